The average molecular weight is 580 g/mol. The number of aryl methyl sites for hydroxylation is 1. The van der Waals surface area contributed by atoms with Crippen LogP contribution in [0.2, 0.25) is 0 Å². The molecule has 7 rings (SSSR count). The molecule has 4 saturated carbocycles. The number of carbonyl (C=O) groups is 1. The molecule has 196 valence electrons. The second-order valence-corrected chi connectivity index (χ2v) is 13.9. The number of nitrogens with zero attached hydrogens (tertiary/aromatic N) is 2. The number of ether oxygens (including phenoxy) is 2. The van der Waals surface area contributed by atoms with Crippen LogP contribution in [0.5, 0.6) is 5.75 Å². The number of benzene rings is 1. The first-order valence-corrected chi connectivity index (χ1v) is 15.2. The highest BCUT2D eigenvalue weighted by molar-refractivity contribution is 9.10. The predicted octanol–water partition coefficient (Wildman–Crippen LogP) is 4.73. The van der Waals surface area contributed by atoms with Crippen molar-refractivity contribution in [1.29, 1.82) is 0 Å². The summed E-state index contributed by atoms with van der Waals surface area (Å²) in [5.74, 6) is 1.61. The number of aromatic hydroxyl groups is 1. The minimum atomic E-state index is -1.36. The molecule has 0 amide bonds. The molecule has 2 aromatic rings. The van der Waals surface area contributed by atoms with Crippen LogP contribution in [0.1, 0.15) is 61.4 Å². The fraction of sp³-hybridized carbons (Fsp3) is 0.667. The molecular formula is C27H35BrN2O5S. The van der Waals surface area contributed by atoms with E-state index >= 15 is 0 Å². The highest BCUT2D eigenvalue weighted by Crippen LogP contribution is 2.60. The summed E-state index contributed by atoms with van der Waals surface area (Å²) < 4.78 is 28.0. The van der Waals surface area contributed by atoms with E-state index in [1.54, 1.807) is 6.92 Å². The predicted molar refractivity (Wildman–Crippen MR) is 142 cm³/mol. The van der Waals surface area contributed by atoms with Crippen LogP contribution >= 0.6 is 15.9 Å². The van der Waals surface area contributed by atoms with Crippen molar-refractivity contribution in [2.24, 2.45) is 24.8 Å². The molecule has 1 aromatic carbocycles. The Labute approximate surface area is 223 Å². The van der Waals surface area contributed by atoms with E-state index in [-0.39, 0.29) is 17.1 Å². The molecule has 9 heteroatoms. The number of phenolic OH excluding ortho intramolecular Hbond substituents is 1. The zero-order valence-corrected chi connectivity index (χ0v) is 23.5. The molecule has 1 atom stereocenters. The normalized spacial score (nSPS) is 30.7. The van der Waals surface area contributed by atoms with E-state index in [9.17, 15) is 14.5 Å². The van der Waals surface area contributed by atoms with Crippen molar-refractivity contribution in [3.63, 3.8) is 0 Å². The van der Waals surface area contributed by atoms with Crippen LogP contribution in [0.15, 0.2) is 15.6 Å². The maximum atomic E-state index is 14.7. The Bertz CT molecular complexity index is 1160. The topological polar surface area (TPSA) is 87.0 Å². The van der Waals surface area contributed by atoms with Crippen molar-refractivity contribution >= 4 is 44.0 Å². The molecule has 2 heterocycles. The lowest BCUT2D eigenvalue weighted by atomic mass is 9.56. The summed E-state index contributed by atoms with van der Waals surface area (Å²) in [6.45, 7) is 5.28. The Balaban J connectivity index is 1.53. The van der Waals surface area contributed by atoms with Gasteiger partial charge in [0, 0.05) is 68.1 Å². The lowest BCUT2D eigenvalue weighted by Gasteiger charge is -2.55. The third kappa shape index (κ3) is 4.01. The number of hydrogen-bond donors (Lipinski definition) is 1. The summed E-state index contributed by atoms with van der Waals surface area (Å²) in [5.41, 5.74) is 1.84. The zero-order valence-electron chi connectivity index (χ0n) is 21.1. The number of fused-ring (bicyclic) bond motifs is 1. The summed E-state index contributed by atoms with van der Waals surface area (Å²) in [6, 6.07) is 1.84. The molecule has 0 spiro atoms. The minimum absolute atomic E-state index is 0.122. The van der Waals surface area contributed by atoms with E-state index in [2.05, 4.69) is 20.8 Å². The van der Waals surface area contributed by atoms with Gasteiger partial charge in [-0.05, 0) is 65.9 Å². The third-order valence-electron chi connectivity index (χ3n) is 8.98. The third-order valence-corrected chi connectivity index (χ3v) is 11.7. The summed E-state index contributed by atoms with van der Waals surface area (Å²) in [4.78, 5) is 15.8. The molecule has 7 nitrogen and oxygen atoms in total. The fourth-order valence-electron chi connectivity index (χ4n) is 7.82. The number of esters is 1. The van der Waals surface area contributed by atoms with Crippen LogP contribution < -0.4 is 0 Å². The highest BCUT2D eigenvalue weighted by atomic mass is 79.9. The van der Waals surface area contributed by atoms with Gasteiger partial charge in [-0.2, -0.15) is 0 Å². The van der Waals surface area contributed by atoms with Crippen molar-refractivity contribution in [3.05, 3.63) is 21.7 Å². The number of hydrogen-bond acceptors (Lipinski definition) is 6. The Morgan fingerprint density at radius 1 is 1.22 bits per heavy atom. The van der Waals surface area contributed by atoms with Gasteiger partial charge in [-0.15, -0.1) is 0 Å². The summed E-state index contributed by atoms with van der Waals surface area (Å²) in [5, 5.41) is 12.4. The average Bonchev–Trinajstić information content (AvgIpc) is 3.13. The van der Waals surface area contributed by atoms with Crippen LogP contribution in [0.4, 0.5) is 0 Å². The quantitative estimate of drug-likeness (QED) is 0.394. The van der Waals surface area contributed by atoms with Crippen LogP contribution in [-0.4, -0.2) is 62.8 Å². The van der Waals surface area contributed by atoms with Crippen LogP contribution in [0.25, 0.3) is 10.9 Å². The van der Waals surface area contributed by atoms with Crippen LogP contribution in [0.3, 0.4) is 0 Å². The van der Waals surface area contributed by atoms with Gasteiger partial charge >= 0.3 is 5.97 Å². The minimum Gasteiger partial charge on any atom is -0.610 e. The molecule has 1 saturated heterocycles. The van der Waals surface area contributed by atoms with Crippen molar-refractivity contribution in [3.8, 4) is 5.75 Å². The molecule has 0 radical (unpaired) electrons. The molecule has 1 unspecified atom stereocenters. The Kier molecular flexibility index (Phi) is 6.60. The number of carbonyl (C=O) groups excluding carboxylic acids is 1. The van der Waals surface area contributed by atoms with E-state index in [0.717, 1.165) is 37.9 Å². The second kappa shape index (κ2) is 9.49. The smallest absolute Gasteiger partial charge is 0.345 e. The van der Waals surface area contributed by atoms with E-state index in [4.69, 9.17) is 9.47 Å². The summed E-state index contributed by atoms with van der Waals surface area (Å²) >= 11 is 2.17. The van der Waals surface area contributed by atoms with Gasteiger partial charge in [-0.1, -0.05) is 0 Å². The van der Waals surface area contributed by atoms with Crippen molar-refractivity contribution in [2.45, 2.75) is 61.8 Å². The molecular weight excluding hydrogens is 544 g/mol. The fourth-order valence-corrected chi connectivity index (χ4v) is 10.6. The summed E-state index contributed by atoms with van der Waals surface area (Å²) in [6.07, 6.45) is 6.73. The van der Waals surface area contributed by atoms with E-state index < -0.39 is 17.1 Å². The molecule has 1 aliphatic heterocycles. The van der Waals surface area contributed by atoms with Gasteiger partial charge in [0.1, 0.15) is 16.1 Å². The Morgan fingerprint density at radius 2 is 1.83 bits per heavy atom. The van der Waals surface area contributed by atoms with Gasteiger partial charge in [0.25, 0.3) is 0 Å². The monoisotopic (exact) mass is 578 g/mol. The Morgan fingerprint density at radius 3 is 2.42 bits per heavy atom. The first-order chi connectivity index (χ1) is 17.3. The first-order valence-electron chi connectivity index (χ1n) is 13.2. The molecule has 1 aromatic heterocycles. The Hall–Kier alpha value is -1.26. The van der Waals surface area contributed by atoms with E-state index in [1.807, 2.05) is 17.7 Å². The highest BCUT2D eigenvalue weighted by Gasteiger charge is 2.59. The van der Waals surface area contributed by atoms with Gasteiger partial charge in [0.2, 0.25) is 5.03 Å². The SMILES string of the molecule is CCOC(=O)c1c([S+]([O-])C23CC4CC(CC(C4)C2)C3)n(C)c2cc(Br)c(O)c(CN3CCOCC3)c12. The molecule has 1 N–H and O–H groups in total. The van der Waals surface area contributed by atoms with Crippen molar-refractivity contribution < 1.29 is 23.9 Å². The van der Waals surface area contributed by atoms with E-state index in [1.165, 1.54) is 19.3 Å². The van der Waals surface area contributed by atoms with Gasteiger partial charge in [0.05, 0.1) is 29.8 Å². The molecule has 5 fully saturated rings. The van der Waals surface area contributed by atoms with Crippen LogP contribution in [0, 0.1) is 17.8 Å². The molecule has 5 aliphatic rings. The maximum absolute atomic E-state index is 14.7. The van der Waals surface area contributed by atoms with Crippen molar-refractivity contribution in [2.75, 3.05) is 32.9 Å². The zero-order chi connectivity index (χ0) is 25.2. The van der Waals surface area contributed by atoms with E-state index in [0.29, 0.717) is 63.5 Å². The number of aromatic nitrogens is 1. The largest absolute Gasteiger partial charge is 0.610 e. The lowest BCUT2D eigenvalue weighted by molar-refractivity contribution is 0.0336. The molecule has 4 bridgehead atoms. The molecule has 4 aliphatic carbocycles. The standard InChI is InChI=1S/C27H35BrN2O5S/c1-3-35-26(32)23-22-19(15-30-4-6-34-7-5-30)24(31)20(28)11-21(22)29(2)25(23)36(33)27-12-16-8-17(13-27)10-18(9-16)14-27/h11,16-18,31H,3-10,12-15H2,1-2H3. The van der Waals surface area contributed by atoms with Gasteiger partial charge in [-0.3, -0.25) is 4.90 Å². The van der Waals surface area contributed by atoms with Crippen LogP contribution in [-0.2, 0) is 34.2 Å². The maximum Gasteiger partial charge on any atom is 0.345 e. The van der Waals surface area contributed by atoms with Gasteiger partial charge < -0.3 is 23.7 Å². The van der Waals surface area contributed by atoms with Gasteiger partial charge in [-0.25, -0.2) is 4.79 Å². The van der Waals surface area contributed by atoms with Gasteiger partial charge in [0.15, 0.2) is 0 Å². The number of morpholine rings is 1. The second-order valence-electron chi connectivity index (χ2n) is 11.3. The molecule has 36 heavy (non-hydrogen) atoms. The number of halogens is 1. The number of rotatable bonds is 6. The lowest BCUT2D eigenvalue weighted by Crippen LogP contribution is -2.55. The summed E-state index contributed by atoms with van der Waals surface area (Å²) in [7, 11) is 1.90. The van der Waals surface area contributed by atoms with Crippen molar-refractivity contribution in [1.82, 2.24) is 9.47 Å². The first kappa shape index (κ1) is 25.0. The number of phenols is 1.